The molecule has 0 atom stereocenters. The van der Waals surface area contributed by atoms with E-state index in [1.165, 1.54) is 18.2 Å². The standard InChI is InChI=1S/C33H28ClF3N2O4S/c1-32(2,3)27-16-21(17-28(34)30(27)43-19-20-7-5-4-6-8-20)15-26-25-18-24(13-14-29(25)38-31(26)40)44(41,42)39-23-11-9-22(10-12-23)33(35,36)37/h4-18,39H,19H2,1-3H3,(H,38,40). The normalized spacial score (nSPS) is 14.3. The molecule has 4 aromatic rings. The minimum Gasteiger partial charge on any atom is -0.487 e. The van der Waals surface area contributed by atoms with Crippen LogP contribution in [0.1, 0.15) is 48.6 Å². The van der Waals surface area contributed by atoms with E-state index in [1.54, 1.807) is 12.1 Å². The second-order valence-electron chi connectivity index (χ2n) is 11.3. The van der Waals surface area contributed by atoms with E-state index in [4.69, 9.17) is 16.3 Å². The number of sulfonamides is 1. The summed E-state index contributed by atoms with van der Waals surface area (Å²) in [5, 5.41) is 3.10. The summed E-state index contributed by atoms with van der Waals surface area (Å²) in [6.45, 7) is 6.37. The molecule has 0 radical (unpaired) electrons. The van der Waals surface area contributed by atoms with Gasteiger partial charge in [-0.1, -0.05) is 62.7 Å². The van der Waals surface area contributed by atoms with Gasteiger partial charge in [0, 0.05) is 28.1 Å². The minimum atomic E-state index is -4.55. The maximum atomic E-state index is 13.1. The number of ether oxygens (including phenoxy) is 1. The van der Waals surface area contributed by atoms with Gasteiger partial charge in [-0.2, -0.15) is 13.2 Å². The Morgan fingerprint density at radius 2 is 1.61 bits per heavy atom. The zero-order valence-corrected chi connectivity index (χ0v) is 25.5. The number of nitrogens with one attached hydrogen (secondary N) is 2. The third-order valence-corrected chi connectivity index (χ3v) is 8.62. The van der Waals surface area contributed by atoms with Gasteiger partial charge >= 0.3 is 6.18 Å². The molecule has 0 aliphatic carbocycles. The van der Waals surface area contributed by atoms with Crippen LogP contribution in [0.15, 0.2) is 89.8 Å². The number of carbonyl (C=O) groups is 1. The molecule has 4 aromatic carbocycles. The van der Waals surface area contributed by atoms with Crippen LogP contribution in [0.25, 0.3) is 11.6 Å². The number of alkyl halides is 3. The minimum absolute atomic E-state index is 0.0395. The summed E-state index contributed by atoms with van der Waals surface area (Å²) in [6.07, 6.45) is -2.92. The maximum absolute atomic E-state index is 13.1. The first-order valence-electron chi connectivity index (χ1n) is 13.5. The van der Waals surface area contributed by atoms with Gasteiger partial charge in [0.2, 0.25) is 0 Å². The molecule has 0 aromatic heterocycles. The van der Waals surface area contributed by atoms with Crippen LogP contribution in [0.4, 0.5) is 24.5 Å². The van der Waals surface area contributed by atoms with Crippen LogP contribution >= 0.6 is 11.6 Å². The van der Waals surface area contributed by atoms with Gasteiger partial charge in [0.25, 0.3) is 15.9 Å². The summed E-state index contributed by atoms with van der Waals surface area (Å²) in [4.78, 5) is 12.8. The van der Waals surface area contributed by atoms with Crippen LogP contribution < -0.4 is 14.8 Å². The molecule has 1 aliphatic heterocycles. The predicted octanol–water partition coefficient (Wildman–Crippen LogP) is 8.53. The molecule has 0 saturated carbocycles. The van der Waals surface area contributed by atoms with Crippen molar-refractivity contribution in [2.24, 2.45) is 0 Å². The fraction of sp³-hybridized carbons (Fsp3) is 0.182. The van der Waals surface area contributed by atoms with Crippen molar-refractivity contribution < 1.29 is 31.1 Å². The van der Waals surface area contributed by atoms with Gasteiger partial charge in [-0.05, 0) is 77.2 Å². The number of hydrogen-bond donors (Lipinski definition) is 2. The number of hydrogen-bond acceptors (Lipinski definition) is 4. The molecule has 2 N–H and O–H groups in total. The van der Waals surface area contributed by atoms with Crippen molar-refractivity contribution in [3.05, 3.63) is 118 Å². The van der Waals surface area contributed by atoms with Gasteiger partial charge in [0.1, 0.15) is 12.4 Å². The van der Waals surface area contributed by atoms with Gasteiger partial charge in [-0.15, -0.1) is 0 Å². The molecule has 0 bridgehead atoms. The lowest BCUT2D eigenvalue weighted by Gasteiger charge is -2.24. The summed E-state index contributed by atoms with van der Waals surface area (Å²) >= 11 is 6.72. The first kappa shape index (κ1) is 31.2. The van der Waals surface area contributed by atoms with Crippen molar-refractivity contribution in [1.82, 2.24) is 0 Å². The molecule has 1 heterocycles. The monoisotopic (exact) mass is 640 g/mol. The van der Waals surface area contributed by atoms with Crippen molar-refractivity contribution in [1.29, 1.82) is 0 Å². The average molecular weight is 641 g/mol. The Hall–Kier alpha value is -4.28. The number of carbonyl (C=O) groups excluding carboxylic acids is 1. The van der Waals surface area contributed by atoms with Crippen molar-refractivity contribution in [3.8, 4) is 5.75 Å². The molecule has 44 heavy (non-hydrogen) atoms. The van der Waals surface area contributed by atoms with Crippen LogP contribution in [0.2, 0.25) is 5.02 Å². The molecule has 5 rings (SSSR count). The van der Waals surface area contributed by atoms with E-state index in [9.17, 15) is 26.4 Å². The first-order chi connectivity index (χ1) is 20.6. The molecule has 0 saturated heterocycles. The van der Waals surface area contributed by atoms with E-state index in [2.05, 4.69) is 10.0 Å². The zero-order chi connectivity index (χ0) is 31.9. The van der Waals surface area contributed by atoms with Gasteiger partial charge in [0.05, 0.1) is 15.5 Å². The highest BCUT2D eigenvalue weighted by molar-refractivity contribution is 7.92. The Balaban J connectivity index is 1.47. The smallest absolute Gasteiger partial charge is 0.416 e. The largest absolute Gasteiger partial charge is 0.487 e. The van der Waals surface area contributed by atoms with Crippen molar-refractivity contribution in [2.75, 3.05) is 10.0 Å². The predicted molar refractivity (Wildman–Crippen MR) is 166 cm³/mol. The average Bonchev–Trinajstić information content (AvgIpc) is 3.25. The molecular formula is C33H28ClF3N2O4S. The Labute approximate surface area is 258 Å². The van der Waals surface area contributed by atoms with E-state index in [0.717, 1.165) is 35.4 Å². The summed E-state index contributed by atoms with van der Waals surface area (Å²) in [5.74, 6) is 0.104. The number of anilines is 2. The molecule has 228 valence electrons. The highest BCUT2D eigenvalue weighted by atomic mass is 35.5. The number of rotatable bonds is 7. The SMILES string of the molecule is CC(C)(C)c1cc(C=C2C(=O)Nc3ccc(S(=O)(=O)Nc4ccc(C(F)(F)F)cc4)cc32)cc(Cl)c1OCc1ccccc1. The molecule has 0 fully saturated rings. The van der Waals surface area contributed by atoms with Crippen LogP contribution in [-0.4, -0.2) is 14.3 Å². The third-order valence-electron chi connectivity index (χ3n) is 6.96. The van der Waals surface area contributed by atoms with Gasteiger partial charge in [-0.25, -0.2) is 8.42 Å². The molecule has 6 nitrogen and oxygen atoms in total. The summed E-state index contributed by atoms with van der Waals surface area (Å²) in [6, 6.07) is 21.0. The van der Waals surface area contributed by atoms with Crippen LogP contribution in [0.5, 0.6) is 5.75 Å². The molecule has 0 unspecified atom stereocenters. The van der Waals surface area contributed by atoms with Crippen LogP contribution in [0.3, 0.4) is 0 Å². The van der Waals surface area contributed by atoms with Gasteiger partial charge in [-0.3, -0.25) is 9.52 Å². The highest BCUT2D eigenvalue weighted by Gasteiger charge is 2.31. The highest BCUT2D eigenvalue weighted by Crippen LogP contribution is 2.41. The Morgan fingerprint density at radius 3 is 2.25 bits per heavy atom. The zero-order valence-electron chi connectivity index (χ0n) is 23.9. The second-order valence-corrected chi connectivity index (χ2v) is 13.4. The first-order valence-corrected chi connectivity index (χ1v) is 15.4. The number of amides is 1. The van der Waals surface area contributed by atoms with Gasteiger partial charge < -0.3 is 10.1 Å². The van der Waals surface area contributed by atoms with E-state index in [1.807, 2.05) is 57.2 Å². The van der Waals surface area contributed by atoms with E-state index < -0.39 is 27.7 Å². The lowest BCUT2D eigenvalue weighted by atomic mass is 9.85. The molecule has 0 spiro atoms. The summed E-state index contributed by atoms with van der Waals surface area (Å²) < 4.78 is 73.4. The van der Waals surface area contributed by atoms with Crippen LogP contribution in [-0.2, 0) is 33.0 Å². The van der Waals surface area contributed by atoms with Crippen molar-refractivity contribution in [3.63, 3.8) is 0 Å². The Morgan fingerprint density at radius 1 is 0.932 bits per heavy atom. The number of fused-ring (bicyclic) bond motifs is 1. The number of halogens is 4. The fourth-order valence-electron chi connectivity index (χ4n) is 4.72. The van der Waals surface area contributed by atoms with E-state index in [-0.39, 0.29) is 21.6 Å². The van der Waals surface area contributed by atoms with E-state index >= 15 is 0 Å². The van der Waals surface area contributed by atoms with E-state index in [0.29, 0.717) is 34.2 Å². The molecular weight excluding hydrogens is 613 g/mol. The fourth-order valence-corrected chi connectivity index (χ4v) is 6.08. The Kier molecular flexibility index (Phi) is 8.26. The Bertz CT molecular complexity index is 1870. The second kappa shape index (κ2) is 11.7. The quantitative estimate of drug-likeness (QED) is 0.198. The van der Waals surface area contributed by atoms with Crippen molar-refractivity contribution in [2.45, 2.75) is 43.9 Å². The van der Waals surface area contributed by atoms with Crippen LogP contribution in [0, 0.1) is 0 Å². The number of benzene rings is 4. The summed E-state index contributed by atoms with van der Waals surface area (Å²) in [5.41, 5.74) is 2.09. The molecule has 1 aliphatic rings. The summed E-state index contributed by atoms with van der Waals surface area (Å²) in [7, 11) is -4.20. The lowest BCUT2D eigenvalue weighted by molar-refractivity contribution is -0.137. The van der Waals surface area contributed by atoms with Gasteiger partial charge in [0.15, 0.2) is 0 Å². The lowest BCUT2D eigenvalue weighted by Crippen LogP contribution is -2.14. The molecule has 11 heteroatoms. The third kappa shape index (κ3) is 6.76. The molecule has 1 amide bonds. The topological polar surface area (TPSA) is 84.5 Å². The maximum Gasteiger partial charge on any atom is 0.416 e. The van der Waals surface area contributed by atoms with Crippen molar-refractivity contribution >= 4 is 50.6 Å².